The van der Waals surface area contributed by atoms with Gasteiger partial charge in [0, 0.05) is 18.2 Å². The average Bonchev–Trinajstić information content (AvgIpc) is 3.00. The van der Waals surface area contributed by atoms with Crippen molar-refractivity contribution in [2.45, 2.75) is 20.3 Å². The molecule has 0 unspecified atom stereocenters. The highest BCUT2D eigenvalue weighted by Crippen LogP contribution is 2.32. The molecule has 0 saturated heterocycles. The number of carbonyl (C=O) groups is 1. The third-order valence-corrected chi connectivity index (χ3v) is 3.28. The molecule has 1 heterocycles. The van der Waals surface area contributed by atoms with Gasteiger partial charge in [-0.15, -0.1) is 0 Å². The monoisotopic (exact) mass is 318 g/mol. The van der Waals surface area contributed by atoms with E-state index in [1.807, 2.05) is 26.0 Å². The first-order valence-corrected chi connectivity index (χ1v) is 7.48. The minimum atomic E-state index is -0.0640. The number of nitrogens with one attached hydrogen (secondary N) is 1. The predicted molar refractivity (Wildman–Crippen MR) is 86.6 cm³/mol. The number of nitrogens with zero attached hydrogens (tertiary/aromatic N) is 1. The van der Waals surface area contributed by atoms with E-state index >= 15 is 0 Å². The molecule has 0 spiro atoms. The summed E-state index contributed by atoms with van der Waals surface area (Å²) in [6.07, 6.45) is 0.198. The van der Waals surface area contributed by atoms with Gasteiger partial charge in [-0.3, -0.25) is 4.79 Å². The number of rotatable bonds is 7. The van der Waals surface area contributed by atoms with Crippen LogP contribution in [0.5, 0.6) is 11.5 Å². The van der Waals surface area contributed by atoms with Crippen LogP contribution in [0.15, 0.2) is 28.8 Å². The topological polar surface area (TPSA) is 73.6 Å². The molecule has 0 bridgehead atoms. The summed E-state index contributed by atoms with van der Waals surface area (Å²) in [5, 5.41) is 6.81. The van der Waals surface area contributed by atoms with E-state index < -0.39 is 0 Å². The van der Waals surface area contributed by atoms with E-state index in [1.54, 1.807) is 26.4 Å². The molecule has 0 aliphatic heterocycles. The maximum atomic E-state index is 11.8. The lowest BCUT2D eigenvalue weighted by Crippen LogP contribution is -2.28. The van der Waals surface area contributed by atoms with E-state index in [9.17, 15) is 4.79 Å². The van der Waals surface area contributed by atoms with E-state index in [1.165, 1.54) is 0 Å². The molecule has 23 heavy (non-hydrogen) atoms. The number of benzene rings is 1. The molecule has 6 heteroatoms. The molecule has 6 nitrogen and oxygen atoms in total. The van der Waals surface area contributed by atoms with Crippen molar-refractivity contribution in [1.82, 2.24) is 10.5 Å². The number of amides is 1. The van der Waals surface area contributed by atoms with Crippen LogP contribution < -0.4 is 14.8 Å². The zero-order valence-corrected chi connectivity index (χ0v) is 13.9. The third kappa shape index (κ3) is 4.48. The lowest BCUT2D eigenvalue weighted by Gasteiger charge is -2.07. The van der Waals surface area contributed by atoms with Crippen molar-refractivity contribution in [3.05, 3.63) is 30.0 Å². The van der Waals surface area contributed by atoms with Crippen molar-refractivity contribution < 1.29 is 18.8 Å². The fourth-order valence-corrected chi connectivity index (χ4v) is 2.07. The number of carbonyl (C=O) groups excluding carboxylic acids is 1. The molecule has 0 aliphatic carbocycles. The summed E-state index contributed by atoms with van der Waals surface area (Å²) in [5.41, 5.74) is 1.40. The predicted octanol–water partition coefficient (Wildman–Crippen LogP) is 2.67. The maximum absolute atomic E-state index is 11.8. The summed E-state index contributed by atoms with van der Waals surface area (Å²) in [6.45, 7) is 4.75. The highest BCUT2D eigenvalue weighted by atomic mass is 16.5. The number of aromatic nitrogens is 1. The van der Waals surface area contributed by atoms with E-state index in [0.29, 0.717) is 35.4 Å². The summed E-state index contributed by atoms with van der Waals surface area (Å²) in [5.74, 6) is 2.18. The molecule has 2 rings (SSSR count). The zero-order valence-electron chi connectivity index (χ0n) is 13.9. The number of ether oxygens (including phenoxy) is 2. The van der Waals surface area contributed by atoms with Gasteiger partial charge < -0.3 is 19.3 Å². The fourth-order valence-electron chi connectivity index (χ4n) is 2.07. The normalized spacial score (nSPS) is 10.7. The van der Waals surface area contributed by atoms with E-state index in [2.05, 4.69) is 10.5 Å². The molecule has 0 saturated carbocycles. The van der Waals surface area contributed by atoms with Gasteiger partial charge in [-0.05, 0) is 24.1 Å². The minimum absolute atomic E-state index is 0.0640. The molecule has 1 aromatic carbocycles. The van der Waals surface area contributed by atoms with Gasteiger partial charge in [0.15, 0.2) is 17.3 Å². The van der Waals surface area contributed by atoms with Crippen molar-refractivity contribution in [2.24, 2.45) is 5.92 Å². The highest BCUT2D eigenvalue weighted by Gasteiger charge is 2.13. The molecular formula is C17H22N2O4. The Balaban J connectivity index is 2.08. The maximum Gasteiger partial charge on any atom is 0.226 e. The smallest absolute Gasteiger partial charge is 0.226 e. The second kappa shape index (κ2) is 7.67. The molecule has 1 N–H and O–H groups in total. The second-order valence-corrected chi connectivity index (χ2v) is 5.63. The lowest BCUT2D eigenvalue weighted by atomic mass is 10.1. The van der Waals surface area contributed by atoms with E-state index in [4.69, 9.17) is 14.0 Å². The highest BCUT2D eigenvalue weighted by molar-refractivity contribution is 5.78. The van der Waals surface area contributed by atoms with Crippen molar-refractivity contribution in [3.63, 3.8) is 0 Å². The lowest BCUT2D eigenvalue weighted by molar-refractivity contribution is -0.120. The average molecular weight is 318 g/mol. The van der Waals surface area contributed by atoms with Crippen LogP contribution >= 0.6 is 0 Å². The summed E-state index contributed by atoms with van der Waals surface area (Å²) in [7, 11) is 3.16. The van der Waals surface area contributed by atoms with Crippen LogP contribution in [-0.2, 0) is 11.2 Å². The number of methoxy groups -OCH3 is 2. The first-order valence-electron chi connectivity index (χ1n) is 7.48. The van der Waals surface area contributed by atoms with Crippen LogP contribution in [0.1, 0.15) is 19.5 Å². The van der Waals surface area contributed by atoms with Crippen LogP contribution in [0.3, 0.4) is 0 Å². The van der Waals surface area contributed by atoms with Gasteiger partial charge in [0.05, 0.1) is 26.3 Å². The Hall–Kier alpha value is -2.50. The van der Waals surface area contributed by atoms with Gasteiger partial charge in [0.1, 0.15) is 0 Å². The molecule has 0 fully saturated rings. The minimum Gasteiger partial charge on any atom is -0.493 e. The van der Waals surface area contributed by atoms with Crippen molar-refractivity contribution in [2.75, 3.05) is 20.8 Å². The molecule has 0 atom stereocenters. The first-order chi connectivity index (χ1) is 11.0. The van der Waals surface area contributed by atoms with Gasteiger partial charge >= 0.3 is 0 Å². The van der Waals surface area contributed by atoms with Crippen LogP contribution in [-0.4, -0.2) is 31.8 Å². The number of hydrogen-bond acceptors (Lipinski definition) is 5. The van der Waals surface area contributed by atoms with Gasteiger partial charge in [-0.1, -0.05) is 19.0 Å². The van der Waals surface area contributed by atoms with E-state index in [0.717, 1.165) is 5.56 Å². The van der Waals surface area contributed by atoms with Crippen molar-refractivity contribution in [3.8, 4) is 22.8 Å². The standard InChI is InChI=1S/C17H22N2O4/c1-11(2)10-18-17(20)9-13-8-15(23-19-13)12-5-6-14(21-3)16(7-12)22-4/h5-8,11H,9-10H2,1-4H3,(H,18,20). The van der Waals surface area contributed by atoms with Gasteiger partial charge in [0.2, 0.25) is 5.91 Å². The Bertz CT molecular complexity index is 664. The third-order valence-electron chi connectivity index (χ3n) is 3.28. The van der Waals surface area contributed by atoms with Crippen LogP contribution in [0.2, 0.25) is 0 Å². The Morgan fingerprint density at radius 1 is 1.22 bits per heavy atom. The van der Waals surface area contributed by atoms with Crippen LogP contribution in [0.25, 0.3) is 11.3 Å². The van der Waals surface area contributed by atoms with Gasteiger partial charge in [-0.2, -0.15) is 0 Å². The molecule has 0 radical (unpaired) electrons. The van der Waals surface area contributed by atoms with Crippen LogP contribution in [0, 0.1) is 5.92 Å². The Labute approximate surface area is 135 Å². The largest absolute Gasteiger partial charge is 0.493 e. The van der Waals surface area contributed by atoms with E-state index in [-0.39, 0.29) is 12.3 Å². The van der Waals surface area contributed by atoms with Crippen LogP contribution in [0.4, 0.5) is 0 Å². The summed E-state index contributed by atoms with van der Waals surface area (Å²) in [4.78, 5) is 11.8. The quantitative estimate of drug-likeness (QED) is 0.849. The second-order valence-electron chi connectivity index (χ2n) is 5.63. The SMILES string of the molecule is COc1ccc(-c2cc(CC(=O)NCC(C)C)no2)cc1OC. The Kier molecular flexibility index (Phi) is 5.62. The van der Waals surface area contributed by atoms with Crippen molar-refractivity contribution >= 4 is 5.91 Å². The molecule has 1 aromatic heterocycles. The summed E-state index contributed by atoms with van der Waals surface area (Å²) >= 11 is 0. The summed E-state index contributed by atoms with van der Waals surface area (Å²) < 4.78 is 15.8. The Morgan fingerprint density at radius 2 is 1.96 bits per heavy atom. The van der Waals surface area contributed by atoms with Crippen molar-refractivity contribution in [1.29, 1.82) is 0 Å². The molecule has 0 aliphatic rings. The number of hydrogen-bond donors (Lipinski definition) is 1. The fraction of sp³-hybridized carbons (Fsp3) is 0.412. The molecular weight excluding hydrogens is 296 g/mol. The zero-order chi connectivity index (χ0) is 16.8. The first kappa shape index (κ1) is 16.9. The molecule has 124 valence electrons. The van der Waals surface area contributed by atoms with Gasteiger partial charge in [-0.25, -0.2) is 0 Å². The Morgan fingerprint density at radius 3 is 2.61 bits per heavy atom. The molecule has 2 aromatic rings. The summed E-state index contributed by atoms with van der Waals surface area (Å²) in [6, 6.07) is 7.22. The molecule has 1 amide bonds. The van der Waals surface area contributed by atoms with Gasteiger partial charge in [0.25, 0.3) is 0 Å².